The Morgan fingerprint density at radius 2 is 1.05 bits per heavy atom. The van der Waals surface area contributed by atoms with Crippen molar-refractivity contribution in [3.05, 3.63) is 102 Å². The van der Waals surface area contributed by atoms with Crippen molar-refractivity contribution in [2.45, 2.75) is 131 Å². The first-order chi connectivity index (χ1) is 29.9. The van der Waals surface area contributed by atoms with Crippen molar-refractivity contribution in [1.29, 1.82) is 0 Å². The van der Waals surface area contributed by atoms with Gasteiger partial charge in [-0.15, -0.1) is 22.7 Å². The molecule has 7 heteroatoms. The second-order valence-corrected chi connectivity index (χ2v) is 20.0. The van der Waals surface area contributed by atoms with E-state index in [2.05, 4.69) is 107 Å². The maximum atomic E-state index is 16.1. The number of halogens is 1. The highest BCUT2D eigenvalue weighted by atomic mass is 32.1. The van der Waals surface area contributed by atoms with Gasteiger partial charge in [0, 0.05) is 54.6 Å². The molecule has 3 heterocycles. The van der Waals surface area contributed by atoms with E-state index in [9.17, 15) is 0 Å². The first kappa shape index (κ1) is 45.1. The summed E-state index contributed by atoms with van der Waals surface area (Å²) < 4.78 is 28.2. The molecular formula is C54H66FN3S3. The van der Waals surface area contributed by atoms with Gasteiger partial charge in [0.1, 0.15) is 16.9 Å². The highest BCUT2D eigenvalue weighted by molar-refractivity contribution is 7.31. The van der Waals surface area contributed by atoms with Crippen LogP contribution in [0, 0.1) is 17.7 Å². The van der Waals surface area contributed by atoms with E-state index in [1.54, 1.807) is 6.07 Å². The Hall–Kier alpha value is -3.91. The fourth-order valence-electron chi connectivity index (χ4n) is 8.93. The molecule has 3 aromatic heterocycles. The van der Waals surface area contributed by atoms with Crippen LogP contribution in [0.25, 0.3) is 63.6 Å². The van der Waals surface area contributed by atoms with Gasteiger partial charge in [-0.1, -0.05) is 160 Å². The second kappa shape index (κ2) is 21.9. The van der Waals surface area contributed by atoms with Crippen molar-refractivity contribution in [1.82, 2.24) is 8.75 Å². The molecule has 61 heavy (non-hydrogen) atoms. The van der Waals surface area contributed by atoms with E-state index >= 15 is 4.39 Å². The fraction of sp³-hybridized carbons (Fsp3) is 0.444. The Morgan fingerprint density at radius 3 is 1.62 bits per heavy atom. The highest BCUT2D eigenvalue weighted by Gasteiger charge is 2.20. The standard InChI is InChI=1S/C54H66FN3S3/c1-7-13-17-37(11-5)29-39-31-40(30-38(12-6)18-14-8-2)33-43(32-39)49-35-51-52(59-49)36-50(60-51)47-26-25-46(53-54(47)57-61-56-53)45-24-21-42(34-48(45)55)41-19-22-44(23-20-41)58(27-15-9-3)28-16-10-4/h19-26,31-38H,7-18,27-30H2,1-6H3. The minimum atomic E-state index is -0.245. The van der Waals surface area contributed by atoms with Gasteiger partial charge in [0.25, 0.3) is 0 Å². The molecule has 7 rings (SSSR count). The predicted octanol–water partition coefficient (Wildman–Crippen LogP) is 17.7. The van der Waals surface area contributed by atoms with E-state index in [0.717, 1.165) is 58.2 Å². The van der Waals surface area contributed by atoms with Gasteiger partial charge in [-0.05, 0) is 95.7 Å². The maximum Gasteiger partial charge on any atom is 0.131 e. The van der Waals surface area contributed by atoms with Crippen LogP contribution < -0.4 is 4.90 Å². The maximum absolute atomic E-state index is 16.1. The van der Waals surface area contributed by atoms with Gasteiger partial charge < -0.3 is 4.90 Å². The number of fused-ring (bicyclic) bond motifs is 2. The SMILES string of the molecule is CCCCC(CC)Cc1cc(CC(CC)CCCC)cc(-c2cc3sc(-c4ccc(-c5ccc(-c6ccc(N(CCCC)CCCC)cc6)cc5F)c5nsnc45)cc3s2)c1. The van der Waals surface area contributed by atoms with E-state index in [4.69, 9.17) is 8.75 Å². The molecule has 0 saturated carbocycles. The van der Waals surface area contributed by atoms with Gasteiger partial charge in [-0.25, -0.2) is 4.39 Å². The van der Waals surface area contributed by atoms with Crippen molar-refractivity contribution in [3.8, 4) is 43.1 Å². The first-order valence-corrected chi connectivity index (χ1v) is 25.8. The molecule has 0 saturated heterocycles. The number of thiophene rings is 2. The topological polar surface area (TPSA) is 29.0 Å². The Morgan fingerprint density at radius 1 is 0.525 bits per heavy atom. The molecular weight excluding hydrogens is 806 g/mol. The van der Waals surface area contributed by atoms with Crippen LogP contribution in [-0.2, 0) is 12.8 Å². The number of benzene rings is 4. The van der Waals surface area contributed by atoms with Gasteiger partial charge >= 0.3 is 0 Å². The van der Waals surface area contributed by atoms with Crippen LogP contribution in [0.3, 0.4) is 0 Å². The number of nitrogens with zero attached hydrogens (tertiary/aromatic N) is 3. The molecule has 0 spiro atoms. The molecule has 0 radical (unpaired) electrons. The van der Waals surface area contributed by atoms with Gasteiger partial charge in [0.15, 0.2) is 0 Å². The van der Waals surface area contributed by atoms with Crippen LogP contribution in [0.4, 0.5) is 10.1 Å². The van der Waals surface area contributed by atoms with Crippen LogP contribution >= 0.6 is 34.4 Å². The molecule has 0 bridgehead atoms. The number of unbranched alkanes of at least 4 members (excludes halogenated alkanes) is 4. The molecule has 0 N–H and O–H groups in total. The van der Waals surface area contributed by atoms with E-state index in [0.29, 0.717) is 5.56 Å². The predicted molar refractivity (Wildman–Crippen MR) is 268 cm³/mol. The van der Waals surface area contributed by atoms with Crippen LogP contribution in [0.15, 0.2) is 84.9 Å². The normalized spacial score (nSPS) is 12.8. The monoisotopic (exact) mass is 871 g/mol. The summed E-state index contributed by atoms with van der Waals surface area (Å²) in [6.07, 6.45) is 17.3. The average Bonchev–Trinajstić information content (AvgIpc) is 4.03. The summed E-state index contributed by atoms with van der Waals surface area (Å²) in [6.45, 7) is 16.0. The Bertz CT molecular complexity index is 2380. The van der Waals surface area contributed by atoms with Crippen molar-refractivity contribution in [3.63, 3.8) is 0 Å². The van der Waals surface area contributed by atoms with Gasteiger partial charge in [-0.3, -0.25) is 0 Å². The van der Waals surface area contributed by atoms with E-state index in [1.165, 1.54) is 143 Å². The molecule has 322 valence electrons. The number of aromatic nitrogens is 2. The molecule has 4 aromatic carbocycles. The van der Waals surface area contributed by atoms with Crippen LogP contribution in [-0.4, -0.2) is 21.8 Å². The lowest BCUT2D eigenvalue weighted by Crippen LogP contribution is -2.25. The Kier molecular flexibility index (Phi) is 16.2. The molecule has 7 aromatic rings. The average molecular weight is 872 g/mol. The number of hydrogen-bond donors (Lipinski definition) is 0. The summed E-state index contributed by atoms with van der Waals surface area (Å²) in [6, 6.07) is 30.6. The lowest BCUT2D eigenvalue weighted by molar-refractivity contribution is 0.444. The van der Waals surface area contributed by atoms with Gasteiger partial charge in [0.05, 0.1) is 11.7 Å². The third-order valence-corrected chi connectivity index (χ3v) is 15.7. The third-order valence-electron chi connectivity index (χ3n) is 12.7. The minimum Gasteiger partial charge on any atom is -0.372 e. The lowest BCUT2D eigenvalue weighted by atomic mass is 9.87. The smallest absolute Gasteiger partial charge is 0.131 e. The van der Waals surface area contributed by atoms with Crippen molar-refractivity contribution in [2.75, 3.05) is 18.0 Å². The zero-order valence-electron chi connectivity index (χ0n) is 37.5. The summed E-state index contributed by atoms with van der Waals surface area (Å²) in [4.78, 5) is 5.01. The van der Waals surface area contributed by atoms with Crippen molar-refractivity contribution >= 4 is 60.5 Å². The number of hydrogen-bond acceptors (Lipinski definition) is 6. The summed E-state index contributed by atoms with van der Waals surface area (Å²) in [7, 11) is 0. The quantitative estimate of drug-likeness (QED) is 0.0641. The summed E-state index contributed by atoms with van der Waals surface area (Å²) in [5, 5.41) is 0. The molecule has 0 amide bonds. The molecule has 0 fully saturated rings. The van der Waals surface area contributed by atoms with Crippen molar-refractivity contribution < 1.29 is 4.39 Å². The molecule has 2 atom stereocenters. The number of anilines is 1. The zero-order chi connectivity index (χ0) is 42.7. The largest absolute Gasteiger partial charge is 0.372 e. The van der Waals surface area contributed by atoms with Crippen LogP contribution in [0.1, 0.15) is 130 Å². The summed E-state index contributed by atoms with van der Waals surface area (Å²) in [5.74, 6) is 1.23. The van der Waals surface area contributed by atoms with Gasteiger partial charge in [0.2, 0.25) is 0 Å². The first-order valence-electron chi connectivity index (χ1n) is 23.4. The second-order valence-electron chi connectivity index (χ2n) is 17.3. The van der Waals surface area contributed by atoms with E-state index in [1.807, 2.05) is 40.9 Å². The molecule has 2 unspecified atom stereocenters. The van der Waals surface area contributed by atoms with Crippen LogP contribution in [0.5, 0.6) is 0 Å². The van der Waals surface area contributed by atoms with Gasteiger partial charge in [-0.2, -0.15) is 8.75 Å². The minimum absolute atomic E-state index is 0.245. The zero-order valence-corrected chi connectivity index (χ0v) is 39.9. The third kappa shape index (κ3) is 11.0. The van der Waals surface area contributed by atoms with E-state index in [-0.39, 0.29) is 5.82 Å². The highest BCUT2D eigenvalue weighted by Crippen LogP contribution is 2.45. The summed E-state index contributed by atoms with van der Waals surface area (Å²) in [5.41, 5.74) is 11.5. The summed E-state index contributed by atoms with van der Waals surface area (Å²) >= 11 is 4.93. The van der Waals surface area contributed by atoms with E-state index < -0.39 is 0 Å². The fourth-order valence-corrected chi connectivity index (χ4v) is 11.9. The van der Waals surface area contributed by atoms with Crippen LogP contribution in [0.2, 0.25) is 0 Å². The molecule has 0 aliphatic carbocycles. The molecule has 3 nitrogen and oxygen atoms in total. The number of rotatable bonds is 23. The molecule has 0 aliphatic heterocycles. The lowest BCUT2D eigenvalue weighted by Gasteiger charge is -2.25. The molecule has 0 aliphatic rings. The Balaban J connectivity index is 1.13. The van der Waals surface area contributed by atoms with Crippen molar-refractivity contribution in [2.24, 2.45) is 11.8 Å². The Labute approximate surface area is 377 Å².